The Balaban J connectivity index is 1.57. The van der Waals surface area contributed by atoms with Crippen molar-refractivity contribution in [3.63, 3.8) is 0 Å². The number of hydrogen-bond donors (Lipinski definition) is 0. The molecule has 0 aliphatic carbocycles. The van der Waals surface area contributed by atoms with Crippen molar-refractivity contribution in [2.75, 3.05) is 38.8 Å². The van der Waals surface area contributed by atoms with Crippen LogP contribution >= 0.6 is 0 Å². The maximum atomic E-state index is 6.47. The molecule has 0 aromatic heterocycles. The Kier molecular flexibility index (Phi) is 4.12. The minimum atomic E-state index is -0.172. The van der Waals surface area contributed by atoms with Gasteiger partial charge in [0, 0.05) is 18.7 Å². The molecule has 142 valence electrons. The SMILES string of the molecule is COc1ccc([C@@H]2Oc3ccccc3N2C2CN3CCC2CC3)c(OC)c1. The van der Waals surface area contributed by atoms with Crippen molar-refractivity contribution >= 4 is 5.69 Å². The fourth-order valence-corrected chi connectivity index (χ4v) is 4.91. The van der Waals surface area contributed by atoms with E-state index in [0.717, 1.165) is 35.3 Å². The van der Waals surface area contributed by atoms with Gasteiger partial charge in [0.15, 0.2) is 0 Å². The zero-order valence-corrected chi connectivity index (χ0v) is 15.9. The smallest absolute Gasteiger partial charge is 0.202 e. The van der Waals surface area contributed by atoms with Crippen LogP contribution in [0.15, 0.2) is 42.5 Å². The van der Waals surface area contributed by atoms with Gasteiger partial charge in [-0.3, -0.25) is 0 Å². The van der Waals surface area contributed by atoms with Crippen LogP contribution in [0.4, 0.5) is 5.69 Å². The Labute approximate surface area is 160 Å². The van der Waals surface area contributed by atoms with E-state index >= 15 is 0 Å². The Morgan fingerprint density at radius 3 is 2.52 bits per heavy atom. The largest absolute Gasteiger partial charge is 0.497 e. The van der Waals surface area contributed by atoms with Gasteiger partial charge in [-0.1, -0.05) is 12.1 Å². The summed E-state index contributed by atoms with van der Waals surface area (Å²) in [4.78, 5) is 5.09. The van der Waals surface area contributed by atoms with E-state index in [1.165, 1.54) is 31.6 Å². The zero-order chi connectivity index (χ0) is 18.4. The summed E-state index contributed by atoms with van der Waals surface area (Å²) in [6.07, 6.45) is 2.37. The lowest BCUT2D eigenvalue weighted by atomic mass is 9.82. The Hall–Kier alpha value is -2.40. The second kappa shape index (κ2) is 6.64. The Bertz CT molecular complexity index is 832. The van der Waals surface area contributed by atoms with Crippen LogP contribution in [-0.4, -0.2) is 44.8 Å². The van der Waals surface area contributed by atoms with Gasteiger partial charge >= 0.3 is 0 Å². The number of piperidine rings is 3. The molecule has 0 saturated carbocycles. The third-order valence-corrected chi connectivity index (χ3v) is 6.32. The zero-order valence-electron chi connectivity index (χ0n) is 15.9. The highest BCUT2D eigenvalue weighted by molar-refractivity contribution is 5.65. The number of benzene rings is 2. The van der Waals surface area contributed by atoms with Crippen molar-refractivity contribution in [1.82, 2.24) is 4.90 Å². The minimum Gasteiger partial charge on any atom is -0.497 e. The van der Waals surface area contributed by atoms with Crippen molar-refractivity contribution in [3.05, 3.63) is 48.0 Å². The molecule has 1 unspecified atom stereocenters. The summed E-state index contributed by atoms with van der Waals surface area (Å²) < 4.78 is 17.5. The van der Waals surface area contributed by atoms with Gasteiger partial charge in [0.2, 0.25) is 6.23 Å². The summed E-state index contributed by atoms with van der Waals surface area (Å²) in [6.45, 7) is 3.57. The molecule has 5 heteroatoms. The first-order chi connectivity index (χ1) is 13.3. The van der Waals surface area contributed by atoms with E-state index in [1.807, 2.05) is 18.2 Å². The number of methoxy groups -OCH3 is 2. The van der Waals surface area contributed by atoms with Crippen LogP contribution in [0.1, 0.15) is 24.6 Å². The van der Waals surface area contributed by atoms with Crippen molar-refractivity contribution in [1.29, 1.82) is 0 Å². The topological polar surface area (TPSA) is 34.2 Å². The van der Waals surface area contributed by atoms with Crippen molar-refractivity contribution in [3.8, 4) is 17.2 Å². The van der Waals surface area contributed by atoms with E-state index in [9.17, 15) is 0 Å². The molecule has 0 amide bonds. The third-order valence-electron chi connectivity index (χ3n) is 6.32. The number of anilines is 1. The fourth-order valence-electron chi connectivity index (χ4n) is 4.91. The summed E-state index contributed by atoms with van der Waals surface area (Å²) in [5, 5.41) is 0. The number of fused-ring (bicyclic) bond motifs is 4. The van der Waals surface area contributed by atoms with Gasteiger partial charge in [0.1, 0.15) is 17.2 Å². The minimum absolute atomic E-state index is 0.172. The third kappa shape index (κ3) is 2.72. The summed E-state index contributed by atoms with van der Waals surface area (Å²) >= 11 is 0. The molecule has 5 nitrogen and oxygen atoms in total. The average Bonchev–Trinajstić information content (AvgIpc) is 3.13. The normalized spacial score (nSPS) is 28.6. The van der Waals surface area contributed by atoms with E-state index in [-0.39, 0.29) is 6.23 Å². The molecule has 3 fully saturated rings. The molecule has 2 aromatic carbocycles. The van der Waals surface area contributed by atoms with Crippen molar-refractivity contribution < 1.29 is 14.2 Å². The number of para-hydroxylation sites is 2. The van der Waals surface area contributed by atoms with Gasteiger partial charge < -0.3 is 24.0 Å². The summed E-state index contributed by atoms with van der Waals surface area (Å²) in [5.74, 6) is 3.27. The molecule has 4 aliphatic rings. The van der Waals surface area contributed by atoms with Crippen molar-refractivity contribution in [2.45, 2.75) is 25.1 Å². The van der Waals surface area contributed by atoms with Gasteiger partial charge in [-0.15, -0.1) is 0 Å². The van der Waals surface area contributed by atoms with E-state index in [4.69, 9.17) is 14.2 Å². The van der Waals surface area contributed by atoms with Crippen LogP contribution in [-0.2, 0) is 0 Å². The molecular weight excluding hydrogens is 340 g/mol. The van der Waals surface area contributed by atoms with Crippen LogP contribution in [0, 0.1) is 5.92 Å². The average molecular weight is 366 g/mol. The van der Waals surface area contributed by atoms with E-state index in [1.54, 1.807) is 14.2 Å². The quantitative estimate of drug-likeness (QED) is 0.824. The lowest BCUT2D eigenvalue weighted by Crippen LogP contribution is -2.58. The maximum Gasteiger partial charge on any atom is 0.202 e. The molecule has 27 heavy (non-hydrogen) atoms. The van der Waals surface area contributed by atoms with Crippen molar-refractivity contribution in [2.24, 2.45) is 5.92 Å². The number of hydrogen-bond acceptors (Lipinski definition) is 5. The van der Waals surface area contributed by atoms with Gasteiger partial charge in [-0.2, -0.15) is 0 Å². The molecule has 4 heterocycles. The molecular formula is C22H26N2O3. The summed E-state index contributed by atoms with van der Waals surface area (Å²) in [7, 11) is 3.38. The van der Waals surface area contributed by atoms with Crippen LogP contribution < -0.4 is 19.1 Å². The number of ether oxygens (including phenoxy) is 3. The molecule has 2 atom stereocenters. The lowest BCUT2D eigenvalue weighted by molar-refractivity contribution is 0.0696. The molecule has 2 bridgehead atoms. The fraction of sp³-hybridized carbons (Fsp3) is 0.455. The first-order valence-electron chi connectivity index (χ1n) is 9.77. The number of rotatable bonds is 4. The highest BCUT2D eigenvalue weighted by atomic mass is 16.5. The van der Waals surface area contributed by atoms with Gasteiger partial charge in [0.25, 0.3) is 0 Å². The Morgan fingerprint density at radius 2 is 1.81 bits per heavy atom. The monoisotopic (exact) mass is 366 g/mol. The molecule has 0 spiro atoms. The number of nitrogens with zero attached hydrogens (tertiary/aromatic N) is 2. The van der Waals surface area contributed by atoms with Crippen LogP contribution in [0.5, 0.6) is 17.2 Å². The van der Waals surface area contributed by atoms with E-state index < -0.39 is 0 Å². The predicted molar refractivity (Wildman–Crippen MR) is 105 cm³/mol. The van der Waals surface area contributed by atoms with Crippen LogP contribution in [0.2, 0.25) is 0 Å². The van der Waals surface area contributed by atoms with Gasteiger partial charge in [-0.25, -0.2) is 0 Å². The van der Waals surface area contributed by atoms with Crippen LogP contribution in [0.25, 0.3) is 0 Å². The van der Waals surface area contributed by atoms with E-state index in [2.05, 4.69) is 34.1 Å². The first kappa shape index (κ1) is 16.8. The van der Waals surface area contributed by atoms with Crippen LogP contribution in [0.3, 0.4) is 0 Å². The highest BCUT2D eigenvalue weighted by Gasteiger charge is 2.45. The maximum absolute atomic E-state index is 6.47. The van der Waals surface area contributed by atoms with Gasteiger partial charge in [0.05, 0.1) is 25.5 Å². The molecule has 3 saturated heterocycles. The molecule has 0 radical (unpaired) electrons. The first-order valence-corrected chi connectivity index (χ1v) is 9.77. The second-order valence-corrected chi connectivity index (χ2v) is 7.66. The van der Waals surface area contributed by atoms with E-state index in [0.29, 0.717) is 6.04 Å². The highest BCUT2D eigenvalue weighted by Crippen LogP contribution is 2.49. The van der Waals surface area contributed by atoms with Gasteiger partial charge in [-0.05, 0) is 56.1 Å². The lowest BCUT2D eigenvalue weighted by Gasteiger charge is -2.49. The molecule has 0 N–H and O–H groups in total. The Morgan fingerprint density at radius 1 is 1.00 bits per heavy atom. The standard InChI is InChI=1S/C22H26N2O3/c1-25-16-7-8-17(21(13-16)26-2)22-24(18-5-3-4-6-20(18)27-22)19-14-23-11-9-15(19)10-12-23/h3-8,13,15,19,22H,9-12,14H2,1-2H3/t19?,22-/m0/s1. The second-order valence-electron chi connectivity index (χ2n) is 7.66. The predicted octanol–water partition coefficient (Wildman–Crippen LogP) is 3.70. The summed E-state index contributed by atoms with van der Waals surface area (Å²) in [6, 6.07) is 14.9. The molecule has 2 aromatic rings. The molecule has 6 rings (SSSR count). The molecule has 4 aliphatic heterocycles. The summed E-state index contributed by atoms with van der Waals surface area (Å²) in [5.41, 5.74) is 2.24.